The number of aryl methyl sites for hydroxylation is 1. The van der Waals surface area contributed by atoms with Crippen LogP contribution in [0.4, 0.5) is 0 Å². The lowest BCUT2D eigenvalue weighted by Gasteiger charge is -2.00. The molecule has 1 heterocycles. The molecule has 18 heavy (non-hydrogen) atoms. The lowest BCUT2D eigenvalue weighted by molar-refractivity contribution is 0.709. The van der Waals surface area contributed by atoms with Crippen LogP contribution in [0.25, 0.3) is 10.9 Å². The molecule has 0 aliphatic carbocycles. The van der Waals surface area contributed by atoms with Crippen molar-refractivity contribution in [3.8, 4) is 12.3 Å². The van der Waals surface area contributed by atoms with E-state index in [9.17, 15) is 0 Å². The zero-order valence-electron chi connectivity index (χ0n) is 10.9. The highest BCUT2D eigenvalue weighted by Gasteiger charge is 2.06. The van der Waals surface area contributed by atoms with E-state index in [0.717, 1.165) is 32.5 Å². The van der Waals surface area contributed by atoms with Gasteiger partial charge in [-0.2, -0.15) is 0 Å². The number of nitrogens with zero attached hydrogens (tertiary/aromatic N) is 1. The molecule has 0 aliphatic rings. The molecule has 0 atom stereocenters. The standard InChI is InChI=1S/C16H20N2/c1-3-5-12-18-13-14(10-11-17-4-2)15-8-6-7-9-16(15)18/h1,6-9,13,17H,4-5,10-12H2,2H3. The molecule has 0 spiro atoms. The zero-order chi connectivity index (χ0) is 12.8. The first-order valence-corrected chi connectivity index (χ1v) is 6.57. The summed E-state index contributed by atoms with van der Waals surface area (Å²) in [5.41, 5.74) is 2.70. The summed E-state index contributed by atoms with van der Waals surface area (Å²) < 4.78 is 2.27. The molecule has 2 heteroatoms. The van der Waals surface area contributed by atoms with Crippen LogP contribution in [-0.2, 0) is 13.0 Å². The number of nitrogens with one attached hydrogen (secondary N) is 1. The Morgan fingerprint density at radius 3 is 2.94 bits per heavy atom. The van der Waals surface area contributed by atoms with Crippen molar-refractivity contribution in [2.24, 2.45) is 0 Å². The molecular formula is C16H20N2. The van der Waals surface area contributed by atoms with Crippen molar-refractivity contribution >= 4 is 10.9 Å². The monoisotopic (exact) mass is 240 g/mol. The molecule has 0 bridgehead atoms. The minimum absolute atomic E-state index is 0.783. The van der Waals surface area contributed by atoms with E-state index in [1.54, 1.807) is 0 Å². The number of para-hydroxylation sites is 1. The number of hydrogen-bond acceptors (Lipinski definition) is 1. The van der Waals surface area contributed by atoms with Gasteiger partial charge in [0.15, 0.2) is 0 Å². The van der Waals surface area contributed by atoms with E-state index in [1.807, 2.05) is 0 Å². The van der Waals surface area contributed by atoms with E-state index in [4.69, 9.17) is 6.42 Å². The highest BCUT2D eigenvalue weighted by molar-refractivity contribution is 5.84. The summed E-state index contributed by atoms with van der Waals surface area (Å²) in [6.45, 7) is 5.09. The second-order valence-electron chi connectivity index (χ2n) is 4.42. The van der Waals surface area contributed by atoms with Crippen molar-refractivity contribution in [3.63, 3.8) is 0 Å². The van der Waals surface area contributed by atoms with Gasteiger partial charge >= 0.3 is 0 Å². The summed E-state index contributed by atoms with van der Waals surface area (Å²) in [6.07, 6.45) is 9.45. The summed E-state index contributed by atoms with van der Waals surface area (Å²) in [5, 5.41) is 4.73. The smallest absolute Gasteiger partial charge is 0.0483 e. The van der Waals surface area contributed by atoms with E-state index in [0.29, 0.717) is 0 Å². The molecule has 2 nitrogen and oxygen atoms in total. The molecule has 2 rings (SSSR count). The second-order valence-corrected chi connectivity index (χ2v) is 4.42. The zero-order valence-corrected chi connectivity index (χ0v) is 10.9. The van der Waals surface area contributed by atoms with Crippen LogP contribution in [-0.4, -0.2) is 17.7 Å². The third-order valence-corrected chi connectivity index (χ3v) is 3.19. The third-order valence-electron chi connectivity index (χ3n) is 3.19. The molecule has 0 saturated heterocycles. The van der Waals surface area contributed by atoms with Crippen LogP contribution in [0, 0.1) is 12.3 Å². The summed E-state index contributed by atoms with van der Waals surface area (Å²) in [6, 6.07) is 8.55. The molecule has 0 radical (unpaired) electrons. The first kappa shape index (κ1) is 12.7. The maximum Gasteiger partial charge on any atom is 0.0483 e. The Labute approximate surface area is 109 Å². The van der Waals surface area contributed by atoms with E-state index < -0.39 is 0 Å². The van der Waals surface area contributed by atoms with Gasteiger partial charge in [-0.3, -0.25) is 0 Å². The Balaban J connectivity index is 2.26. The normalized spacial score (nSPS) is 10.7. The highest BCUT2D eigenvalue weighted by atomic mass is 15.0. The van der Waals surface area contributed by atoms with E-state index in [2.05, 4.69) is 53.2 Å². The summed E-state index contributed by atoms with van der Waals surface area (Å²) in [4.78, 5) is 0. The van der Waals surface area contributed by atoms with Crippen LogP contribution in [0.3, 0.4) is 0 Å². The van der Waals surface area contributed by atoms with Gasteiger partial charge in [0.05, 0.1) is 0 Å². The summed E-state index contributed by atoms with van der Waals surface area (Å²) in [7, 11) is 0. The lowest BCUT2D eigenvalue weighted by atomic mass is 10.1. The van der Waals surface area contributed by atoms with Gasteiger partial charge in [0, 0.05) is 30.1 Å². The first-order chi connectivity index (χ1) is 8.86. The van der Waals surface area contributed by atoms with Crippen molar-refractivity contribution in [3.05, 3.63) is 36.0 Å². The fourth-order valence-electron chi connectivity index (χ4n) is 2.29. The molecule has 0 saturated carbocycles. The molecule has 1 N–H and O–H groups in total. The van der Waals surface area contributed by atoms with Gasteiger partial charge in [-0.1, -0.05) is 25.1 Å². The maximum atomic E-state index is 5.35. The Morgan fingerprint density at radius 2 is 2.17 bits per heavy atom. The number of likely N-dealkylation sites (N-methyl/N-ethyl adjacent to an activating group) is 1. The van der Waals surface area contributed by atoms with Crippen LogP contribution in [0.2, 0.25) is 0 Å². The predicted octanol–water partition coefficient (Wildman–Crippen LogP) is 2.82. The number of rotatable bonds is 6. The summed E-state index contributed by atoms with van der Waals surface area (Å²) in [5.74, 6) is 2.71. The number of aromatic nitrogens is 1. The Bertz CT molecular complexity index is 546. The maximum absolute atomic E-state index is 5.35. The SMILES string of the molecule is C#CCCn1cc(CCNCC)c2ccccc21. The van der Waals surface area contributed by atoms with Gasteiger partial charge < -0.3 is 9.88 Å². The van der Waals surface area contributed by atoms with Gasteiger partial charge in [0.25, 0.3) is 0 Å². The largest absolute Gasteiger partial charge is 0.346 e. The van der Waals surface area contributed by atoms with Gasteiger partial charge in [0.1, 0.15) is 0 Å². The van der Waals surface area contributed by atoms with Crippen molar-refractivity contribution in [2.45, 2.75) is 26.3 Å². The number of terminal acetylenes is 1. The minimum Gasteiger partial charge on any atom is -0.346 e. The van der Waals surface area contributed by atoms with Crippen molar-refractivity contribution in [1.29, 1.82) is 0 Å². The first-order valence-electron chi connectivity index (χ1n) is 6.57. The van der Waals surface area contributed by atoms with Gasteiger partial charge in [0.2, 0.25) is 0 Å². The Kier molecular flexibility index (Phi) is 4.44. The van der Waals surface area contributed by atoms with Crippen molar-refractivity contribution in [2.75, 3.05) is 13.1 Å². The third kappa shape index (κ3) is 2.75. The number of hydrogen-bond donors (Lipinski definition) is 1. The van der Waals surface area contributed by atoms with Crippen LogP contribution in [0.5, 0.6) is 0 Å². The average Bonchev–Trinajstić information content (AvgIpc) is 2.76. The van der Waals surface area contributed by atoms with E-state index >= 15 is 0 Å². The van der Waals surface area contributed by atoms with Gasteiger partial charge in [-0.05, 0) is 31.1 Å². The van der Waals surface area contributed by atoms with E-state index in [-0.39, 0.29) is 0 Å². The van der Waals surface area contributed by atoms with E-state index in [1.165, 1.54) is 16.5 Å². The van der Waals surface area contributed by atoms with Gasteiger partial charge in [-0.15, -0.1) is 12.3 Å². The number of benzene rings is 1. The average molecular weight is 240 g/mol. The van der Waals surface area contributed by atoms with Crippen LogP contribution in [0.1, 0.15) is 18.9 Å². The fourth-order valence-corrected chi connectivity index (χ4v) is 2.29. The topological polar surface area (TPSA) is 17.0 Å². The van der Waals surface area contributed by atoms with Gasteiger partial charge in [-0.25, -0.2) is 0 Å². The second kappa shape index (κ2) is 6.28. The molecule has 1 aromatic heterocycles. The fraction of sp³-hybridized carbons (Fsp3) is 0.375. The molecule has 2 aromatic rings. The van der Waals surface area contributed by atoms with Crippen LogP contribution in [0.15, 0.2) is 30.5 Å². The van der Waals surface area contributed by atoms with Crippen LogP contribution < -0.4 is 5.32 Å². The lowest BCUT2D eigenvalue weighted by Crippen LogP contribution is -2.15. The molecule has 0 unspecified atom stereocenters. The Hall–Kier alpha value is -1.72. The molecule has 1 aromatic carbocycles. The number of fused-ring (bicyclic) bond motifs is 1. The molecule has 0 fully saturated rings. The Morgan fingerprint density at radius 1 is 1.33 bits per heavy atom. The molecule has 0 amide bonds. The molecular weight excluding hydrogens is 220 g/mol. The minimum atomic E-state index is 0.783. The molecule has 94 valence electrons. The molecule has 0 aliphatic heterocycles. The highest BCUT2D eigenvalue weighted by Crippen LogP contribution is 2.21. The predicted molar refractivity (Wildman–Crippen MR) is 77.6 cm³/mol. The van der Waals surface area contributed by atoms with Crippen molar-refractivity contribution in [1.82, 2.24) is 9.88 Å². The van der Waals surface area contributed by atoms with Crippen LogP contribution >= 0.6 is 0 Å². The quantitative estimate of drug-likeness (QED) is 0.607. The van der Waals surface area contributed by atoms with Crippen molar-refractivity contribution < 1.29 is 0 Å². The summed E-state index contributed by atoms with van der Waals surface area (Å²) >= 11 is 0.